The molecule has 0 aliphatic heterocycles. The topological polar surface area (TPSA) is 170 Å². The highest BCUT2D eigenvalue weighted by atomic mass is 35.5. The Balaban J connectivity index is 1.16. The highest BCUT2D eigenvalue weighted by Crippen LogP contribution is 2.34. The van der Waals surface area contributed by atoms with Gasteiger partial charge in [-0.2, -0.15) is 20.5 Å². The summed E-state index contributed by atoms with van der Waals surface area (Å²) in [5.41, 5.74) is 7.90. The van der Waals surface area contributed by atoms with Crippen molar-refractivity contribution in [1.82, 2.24) is 19.9 Å². The van der Waals surface area contributed by atoms with E-state index in [0.29, 0.717) is 34.8 Å². The Morgan fingerprint density at radius 2 is 1.00 bits per heavy atom. The van der Waals surface area contributed by atoms with E-state index >= 15 is 0 Å². The van der Waals surface area contributed by atoms with Crippen LogP contribution in [0, 0.1) is 36.5 Å². The summed E-state index contributed by atoms with van der Waals surface area (Å²) in [5, 5.41) is 18.6. The van der Waals surface area contributed by atoms with E-state index in [1.165, 1.54) is 24.5 Å². The van der Waals surface area contributed by atoms with Gasteiger partial charge >= 0.3 is 0 Å². The molecular formula is C42H30Cl2N6O6. The van der Waals surface area contributed by atoms with Crippen molar-refractivity contribution in [2.75, 3.05) is 0 Å². The lowest BCUT2D eigenvalue weighted by Gasteiger charge is -2.17. The minimum absolute atomic E-state index is 0.0198. The fraction of sp³-hybridized carbons (Fsp3) is 0.143. The molecule has 4 aromatic heterocycles. The minimum atomic E-state index is 0.0198. The number of aldehydes is 2. The summed E-state index contributed by atoms with van der Waals surface area (Å²) < 4.78 is 23.8. The number of hydrogen-bond acceptors (Lipinski definition) is 12. The van der Waals surface area contributed by atoms with Gasteiger partial charge in [0.05, 0.1) is 22.3 Å². The maximum Gasteiger partial charge on any atom is 0.236 e. The van der Waals surface area contributed by atoms with Crippen LogP contribution in [0.15, 0.2) is 85.5 Å². The second-order valence-electron chi connectivity index (χ2n) is 12.3. The summed E-state index contributed by atoms with van der Waals surface area (Å²) in [7, 11) is 0. The van der Waals surface area contributed by atoms with Gasteiger partial charge in [0.1, 0.15) is 48.6 Å². The van der Waals surface area contributed by atoms with Gasteiger partial charge in [0.25, 0.3) is 0 Å². The second kappa shape index (κ2) is 18.0. The van der Waals surface area contributed by atoms with Crippen LogP contribution in [0.5, 0.6) is 23.5 Å². The molecular weight excluding hydrogens is 755 g/mol. The Kier molecular flexibility index (Phi) is 12.5. The molecule has 0 radical (unpaired) electrons. The van der Waals surface area contributed by atoms with Crippen molar-refractivity contribution in [2.45, 2.75) is 40.3 Å². The number of pyridine rings is 4. The summed E-state index contributed by atoms with van der Waals surface area (Å²) in [6, 6.07) is 21.9. The van der Waals surface area contributed by atoms with Crippen LogP contribution in [-0.2, 0) is 26.4 Å². The van der Waals surface area contributed by atoms with Gasteiger partial charge in [-0.05, 0) is 71.5 Å². The van der Waals surface area contributed by atoms with Gasteiger partial charge in [-0.1, -0.05) is 59.6 Å². The van der Waals surface area contributed by atoms with E-state index in [0.717, 1.165) is 33.4 Å². The first-order chi connectivity index (χ1) is 27.2. The maximum absolute atomic E-state index is 11.8. The van der Waals surface area contributed by atoms with Crippen molar-refractivity contribution in [3.8, 4) is 46.8 Å². The first-order valence-corrected chi connectivity index (χ1v) is 17.6. The predicted octanol–water partition coefficient (Wildman–Crippen LogP) is 8.54. The molecule has 0 fully saturated rings. The molecule has 278 valence electrons. The van der Waals surface area contributed by atoms with Crippen molar-refractivity contribution in [2.24, 2.45) is 0 Å². The molecule has 0 aliphatic rings. The molecule has 0 unspecified atom stereocenters. The summed E-state index contributed by atoms with van der Waals surface area (Å²) in [6.07, 6.45) is 7.18. The van der Waals surface area contributed by atoms with Gasteiger partial charge < -0.3 is 18.9 Å². The average Bonchev–Trinajstić information content (AvgIpc) is 3.22. The maximum atomic E-state index is 11.8. The number of nitriles is 2. The van der Waals surface area contributed by atoms with E-state index in [2.05, 4.69) is 19.9 Å². The average molecular weight is 786 g/mol. The summed E-state index contributed by atoms with van der Waals surface area (Å²) in [4.78, 5) is 40.4. The van der Waals surface area contributed by atoms with Crippen LogP contribution in [0.2, 0.25) is 10.0 Å². The summed E-state index contributed by atoms with van der Waals surface area (Å²) in [5.74, 6) is 0.232. The van der Waals surface area contributed by atoms with E-state index in [-0.39, 0.29) is 71.1 Å². The van der Waals surface area contributed by atoms with Crippen molar-refractivity contribution in [1.29, 1.82) is 10.5 Å². The summed E-state index contributed by atoms with van der Waals surface area (Å²) in [6.45, 7) is 4.26. The smallest absolute Gasteiger partial charge is 0.236 e. The van der Waals surface area contributed by atoms with Gasteiger partial charge in [0.15, 0.2) is 12.6 Å². The van der Waals surface area contributed by atoms with Crippen LogP contribution in [0.3, 0.4) is 0 Å². The Morgan fingerprint density at radius 3 is 1.39 bits per heavy atom. The number of carbonyl (C=O) groups is 2. The Hall–Kier alpha value is -6.86. The fourth-order valence-corrected chi connectivity index (χ4v) is 6.09. The first-order valence-electron chi connectivity index (χ1n) is 16.9. The number of nitrogens with zero attached hydrogens (tertiary/aromatic N) is 6. The van der Waals surface area contributed by atoms with Crippen LogP contribution >= 0.6 is 23.2 Å². The van der Waals surface area contributed by atoms with Crippen LogP contribution in [0.4, 0.5) is 0 Å². The van der Waals surface area contributed by atoms with Gasteiger partial charge in [0, 0.05) is 35.9 Å². The molecule has 2 aromatic carbocycles. The number of carbonyl (C=O) groups excluding carboxylic acids is 2. The summed E-state index contributed by atoms with van der Waals surface area (Å²) >= 11 is 12.9. The number of ether oxygens (including phenoxy) is 4. The molecule has 6 aromatic rings. The van der Waals surface area contributed by atoms with Gasteiger partial charge in [-0.15, -0.1) is 0 Å². The van der Waals surface area contributed by atoms with Gasteiger partial charge in [-0.25, -0.2) is 0 Å². The van der Waals surface area contributed by atoms with Gasteiger partial charge in [-0.3, -0.25) is 19.6 Å². The lowest BCUT2D eigenvalue weighted by molar-refractivity contribution is 0.111. The number of aromatic nitrogens is 4. The normalized spacial score (nSPS) is 10.5. The standard InChI is InChI=1S/C42H30Cl2N6O6/c1-25-31(23-55-41-37(43)11-33(19-51)39(49-41)53-21-29-9-27(13-45)15-47-17-29)5-3-7-35(25)36-8-4-6-32(26(36)2)24-56-42-38(44)12-34(20-52)40(50-42)54-22-30-10-28(14-46)16-48-18-30/h3-12,15-20H,21-24H2,1-2H3. The monoisotopic (exact) mass is 784 g/mol. The van der Waals surface area contributed by atoms with Crippen LogP contribution in [-0.4, -0.2) is 32.5 Å². The third-order valence-electron chi connectivity index (χ3n) is 8.64. The van der Waals surface area contributed by atoms with Crippen LogP contribution < -0.4 is 18.9 Å². The number of halogens is 2. The molecule has 0 spiro atoms. The third-order valence-corrected chi connectivity index (χ3v) is 9.18. The molecule has 0 aliphatic carbocycles. The van der Waals surface area contributed by atoms with E-state index in [9.17, 15) is 9.59 Å². The molecule has 0 saturated heterocycles. The molecule has 56 heavy (non-hydrogen) atoms. The molecule has 12 nitrogen and oxygen atoms in total. The van der Waals surface area contributed by atoms with Crippen molar-refractivity contribution in [3.05, 3.63) is 151 Å². The zero-order valence-corrected chi connectivity index (χ0v) is 31.5. The van der Waals surface area contributed by atoms with Gasteiger partial charge in [0.2, 0.25) is 23.5 Å². The number of hydrogen-bond donors (Lipinski definition) is 0. The van der Waals surface area contributed by atoms with E-state index < -0.39 is 0 Å². The van der Waals surface area contributed by atoms with Crippen LogP contribution in [0.25, 0.3) is 11.1 Å². The zero-order chi connectivity index (χ0) is 39.6. The Bertz CT molecular complexity index is 2360. The zero-order valence-electron chi connectivity index (χ0n) is 30.0. The first kappa shape index (κ1) is 38.9. The van der Waals surface area contributed by atoms with E-state index in [4.69, 9.17) is 52.7 Å². The Morgan fingerprint density at radius 1 is 0.589 bits per heavy atom. The molecule has 0 saturated carbocycles. The molecule has 4 heterocycles. The number of benzene rings is 2. The number of rotatable bonds is 15. The molecule has 0 amide bonds. The quantitative estimate of drug-likeness (QED) is 0.0911. The van der Waals surface area contributed by atoms with Crippen molar-refractivity contribution < 1.29 is 28.5 Å². The predicted molar refractivity (Wildman–Crippen MR) is 206 cm³/mol. The molecule has 0 bridgehead atoms. The van der Waals surface area contributed by atoms with E-state index in [1.807, 2.05) is 62.4 Å². The lowest BCUT2D eigenvalue weighted by atomic mass is 9.92. The molecule has 0 N–H and O–H groups in total. The fourth-order valence-electron chi connectivity index (χ4n) is 5.66. The van der Waals surface area contributed by atoms with E-state index in [1.54, 1.807) is 24.5 Å². The largest absolute Gasteiger partial charge is 0.472 e. The highest BCUT2D eigenvalue weighted by Gasteiger charge is 2.18. The van der Waals surface area contributed by atoms with Crippen LogP contribution in [0.1, 0.15) is 65.2 Å². The Labute approximate surface area is 331 Å². The van der Waals surface area contributed by atoms with Crippen molar-refractivity contribution >= 4 is 35.8 Å². The molecule has 14 heteroatoms. The minimum Gasteiger partial charge on any atom is -0.472 e. The molecule has 6 rings (SSSR count). The second-order valence-corrected chi connectivity index (χ2v) is 13.1. The van der Waals surface area contributed by atoms with Crippen molar-refractivity contribution in [3.63, 3.8) is 0 Å². The molecule has 0 atom stereocenters. The third kappa shape index (κ3) is 9.08. The SMILES string of the molecule is Cc1c(COc2nc(OCc3cncc(C#N)c3)c(C=O)cc2Cl)cccc1-c1cccc(COc2nc(OCc3cncc(C#N)c3)c(C=O)cc2Cl)c1C. The lowest BCUT2D eigenvalue weighted by Crippen LogP contribution is -2.06. The highest BCUT2D eigenvalue weighted by molar-refractivity contribution is 6.32.